The Hall–Kier alpha value is -0.530. The number of hydrogen-bond donors (Lipinski definition) is 1. The van der Waals surface area contributed by atoms with Gasteiger partial charge in [-0.1, -0.05) is 40.5 Å². The summed E-state index contributed by atoms with van der Waals surface area (Å²) in [6.07, 6.45) is 5.52. The molecule has 0 heterocycles. The van der Waals surface area contributed by atoms with Gasteiger partial charge < -0.3 is 5.32 Å². The number of hydrogen-bond acceptors (Lipinski definition) is 1. The molecule has 0 fully saturated rings. The van der Waals surface area contributed by atoms with Gasteiger partial charge in [0.15, 0.2) is 0 Å². The summed E-state index contributed by atoms with van der Waals surface area (Å²) in [5, 5.41) is 2.95. The Kier molecular flexibility index (Phi) is 7.44. The van der Waals surface area contributed by atoms with Crippen molar-refractivity contribution >= 4 is 5.91 Å². The third kappa shape index (κ3) is 7.72. The summed E-state index contributed by atoms with van der Waals surface area (Å²) < 4.78 is 0. The number of amides is 1. The summed E-state index contributed by atoms with van der Waals surface area (Å²) in [7, 11) is 0. The van der Waals surface area contributed by atoms with E-state index in [1.165, 1.54) is 6.42 Å². The second-order valence-electron chi connectivity index (χ2n) is 5.83. The van der Waals surface area contributed by atoms with Gasteiger partial charge in [0.05, 0.1) is 0 Å². The van der Waals surface area contributed by atoms with Gasteiger partial charge in [0.2, 0.25) is 5.91 Å². The van der Waals surface area contributed by atoms with E-state index in [0.717, 1.165) is 32.2 Å². The van der Waals surface area contributed by atoms with Crippen molar-refractivity contribution in [3.8, 4) is 0 Å². The Balaban J connectivity index is 4.14. The molecule has 0 aliphatic rings. The van der Waals surface area contributed by atoms with Crippen LogP contribution >= 0.6 is 0 Å². The molecule has 0 bridgehead atoms. The van der Waals surface area contributed by atoms with Crippen LogP contribution in [0.4, 0.5) is 0 Å². The van der Waals surface area contributed by atoms with Crippen LogP contribution in [0.1, 0.15) is 66.7 Å². The molecule has 1 N–H and O–H groups in total. The highest BCUT2D eigenvalue weighted by Crippen LogP contribution is 2.26. The van der Waals surface area contributed by atoms with Gasteiger partial charge in [0, 0.05) is 12.5 Å². The van der Waals surface area contributed by atoms with Crippen molar-refractivity contribution in [2.45, 2.75) is 66.7 Å². The Morgan fingerprint density at radius 3 is 2.25 bits per heavy atom. The van der Waals surface area contributed by atoms with Gasteiger partial charge in [-0.2, -0.15) is 0 Å². The molecule has 2 nitrogen and oxygen atoms in total. The predicted molar refractivity (Wildman–Crippen MR) is 70.4 cm³/mol. The zero-order valence-corrected chi connectivity index (χ0v) is 11.7. The number of nitrogens with one attached hydrogen (secondary N) is 1. The highest BCUT2D eigenvalue weighted by molar-refractivity contribution is 5.78. The van der Waals surface area contributed by atoms with Crippen LogP contribution in [-0.2, 0) is 4.79 Å². The fourth-order valence-electron chi connectivity index (χ4n) is 1.78. The molecule has 16 heavy (non-hydrogen) atoms. The molecule has 0 aromatic carbocycles. The van der Waals surface area contributed by atoms with Crippen molar-refractivity contribution in [2.24, 2.45) is 11.3 Å². The standard InChI is InChI=1S/C14H29NO/c1-6-8-9-12(13(16)15-7-2)10-11-14(3,4)5/h12H,6-11H2,1-5H3,(H,15,16). The first-order valence-corrected chi connectivity index (χ1v) is 6.68. The van der Waals surface area contributed by atoms with Gasteiger partial charge in [0.25, 0.3) is 0 Å². The van der Waals surface area contributed by atoms with E-state index in [2.05, 4.69) is 33.0 Å². The third-order valence-corrected chi connectivity index (χ3v) is 2.87. The van der Waals surface area contributed by atoms with E-state index in [-0.39, 0.29) is 11.8 Å². The lowest BCUT2D eigenvalue weighted by atomic mass is 9.85. The summed E-state index contributed by atoms with van der Waals surface area (Å²) in [6, 6.07) is 0. The van der Waals surface area contributed by atoms with E-state index in [9.17, 15) is 4.79 Å². The lowest BCUT2D eigenvalue weighted by Crippen LogP contribution is -2.31. The number of carbonyl (C=O) groups excluding carboxylic acids is 1. The summed E-state index contributed by atoms with van der Waals surface area (Å²) in [6.45, 7) is 11.6. The zero-order valence-electron chi connectivity index (χ0n) is 11.7. The normalized spacial score (nSPS) is 13.6. The molecule has 0 saturated heterocycles. The predicted octanol–water partition coefficient (Wildman–Crippen LogP) is 3.76. The molecule has 0 radical (unpaired) electrons. The molecule has 0 rings (SSSR count). The van der Waals surface area contributed by atoms with Crippen LogP contribution in [0.5, 0.6) is 0 Å². The highest BCUT2D eigenvalue weighted by atomic mass is 16.1. The second-order valence-corrected chi connectivity index (χ2v) is 5.83. The van der Waals surface area contributed by atoms with Crippen LogP contribution in [0.25, 0.3) is 0 Å². The summed E-state index contributed by atoms with van der Waals surface area (Å²) >= 11 is 0. The fraction of sp³-hybridized carbons (Fsp3) is 0.929. The molecule has 1 atom stereocenters. The average Bonchev–Trinajstić information content (AvgIpc) is 2.16. The van der Waals surface area contributed by atoms with Crippen LogP contribution in [-0.4, -0.2) is 12.5 Å². The molecule has 0 aliphatic heterocycles. The molecule has 0 spiro atoms. The first-order chi connectivity index (χ1) is 7.40. The van der Waals surface area contributed by atoms with Crippen molar-refractivity contribution in [1.82, 2.24) is 5.32 Å². The molecule has 0 aliphatic carbocycles. The van der Waals surface area contributed by atoms with Crippen molar-refractivity contribution in [3.63, 3.8) is 0 Å². The maximum Gasteiger partial charge on any atom is 0.223 e. The molecule has 0 aromatic rings. The largest absolute Gasteiger partial charge is 0.356 e. The quantitative estimate of drug-likeness (QED) is 0.705. The van der Waals surface area contributed by atoms with Crippen LogP contribution in [0, 0.1) is 11.3 Å². The maximum absolute atomic E-state index is 11.9. The van der Waals surface area contributed by atoms with Gasteiger partial charge in [-0.05, 0) is 31.6 Å². The summed E-state index contributed by atoms with van der Waals surface area (Å²) in [4.78, 5) is 11.9. The monoisotopic (exact) mass is 227 g/mol. The van der Waals surface area contributed by atoms with E-state index in [0.29, 0.717) is 5.41 Å². The van der Waals surface area contributed by atoms with Gasteiger partial charge in [-0.15, -0.1) is 0 Å². The second kappa shape index (κ2) is 7.70. The van der Waals surface area contributed by atoms with Crippen molar-refractivity contribution in [3.05, 3.63) is 0 Å². The summed E-state index contributed by atoms with van der Waals surface area (Å²) in [5.74, 6) is 0.472. The first kappa shape index (κ1) is 15.5. The van der Waals surface area contributed by atoms with E-state index in [1.807, 2.05) is 6.92 Å². The zero-order chi connectivity index (χ0) is 12.6. The van der Waals surface area contributed by atoms with Crippen LogP contribution in [0.15, 0.2) is 0 Å². The molecule has 2 heteroatoms. The molecule has 0 aromatic heterocycles. The number of unbranched alkanes of at least 4 members (excludes halogenated alkanes) is 1. The average molecular weight is 227 g/mol. The number of rotatable bonds is 7. The molecular weight excluding hydrogens is 198 g/mol. The highest BCUT2D eigenvalue weighted by Gasteiger charge is 2.20. The number of carbonyl (C=O) groups is 1. The van der Waals surface area contributed by atoms with E-state index in [1.54, 1.807) is 0 Å². The minimum absolute atomic E-state index is 0.221. The molecule has 1 unspecified atom stereocenters. The van der Waals surface area contributed by atoms with Gasteiger partial charge in [-0.3, -0.25) is 4.79 Å². The minimum atomic E-state index is 0.221. The molecule has 96 valence electrons. The SMILES string of the molecule is CCCCC(CCC(C)(C)C)C(=O)NCC. The Bertz CT molecular complexity index is 193. The van der Waals surface area contributed by atoms with Crippen molar-refractivity contribution < 1.29 is 4.79 Å². The van der Waals surface area contributed by atoms with Crippen LogP contribution in [0.3, 0.4) is 0 Å². The minimum Gasteiger partial charge on any atom is -0.356 e. The fourth-order valence-corrected chi connectivity index (χ4v) is 1.78. The molecular formula is C14H29NO. The molecule has 0 saturated carbocycles. The van der Waals surface area contributed by atoms with E-state index < -0.39 is 0 Å². The van der Waals surface area contributed by atoms with Gasteiger partial charge in [-0.25, -0.2) is 0 Å². The van der Waals surface area contributed by atoms with Crippen LogP contribution in [0.2, 0.25) is 0 Å². The maximum atomic E-state index is 11.9. The third-order valence-electron chi connectivity index (χ3n) is 2.87. The topological polar surface area (TPSA) is 29.1 Å². The lowest BCUT2D eigenvalue weighted by Gasteiger charge is -2.22. The van der Waals surface area contributed by atoms with Crippen molar-refractivity contribution in [1.29, 1.82) is 0 Å². The van der Waals surface area contributed by atoms with Gasteiger partial charge in [0.1, 0.15) is 0 Å². The lowest BCUT2D eigenvalue weighted by molar-refractivity contribution is -0.125. The van der Waals surface area contributed by atoms with E-state index >= 15 is 0 Å². The van der Waals surface area contributed by atoms with E-state index in [4.69, 9.17) is 0 Å². The smallest absolute Gasteiger partial charge is 0.223 e. The Morgan fingerprint density at radius 2 is 1.81 bits per heavy atom. The van der Waals surface area contributed by atoms with Crippen molar-refractivity contribution in [2.75, 3.05) is 6.54 Å². The Labute approximate surface area is 101 Å². The Morgan fingerprint density at radius 1 is 1.19 bits per heavy atom. The van der Waals surface area contributed by atoms with Crippen LogP contribution < -0.4 is 5.32 Å². The first-order valence-electron chi connectivity index (χ1n) is 6.68. The summed E-state index contributed by atoms with van der Waals surface area (Å²) in [5.41, 5.74) is 0.330. The molecule has 1 amide bonds. The van der Waals surface area contributed by atoms with Gasteiger partial charge >= 0.3 is 0 Å².